The van der Waals surface area contributed by atoms with Crippen LogP contribution < -0.4 is 0 Å². The Morgan fingerprint density at radius 2 is 1.68 bits per heavy atom. The Morgan fingerprint density at radius 1 is 1.00 bits per heavy atom. The number of aliphatic carboxylic acids is 3. The number of carboxylic acids is 3. The fourth-order valence-corrected chi connectivity index (χ4v) is 3.12. The first-order valence-electron chi connectivity index (χ1n) is 8.12. The average molecular weight is 386 g/mol. The van der Waals surface area contributed by atoms with Gasteiger partial charge in [-0.2, -0.15) is 0 Å². The molecular formula is C18H14N2O8. The molecule has 1 aliphatic carbocycles. The first kappa shape index (κ1) is 19.0. The summed E-state index contributed by atoms with van der Waals surface area (Å²) in [5, 5.41) is 27.7. The van der Waals surface area contributed by atoms with Crippen LogP contribution in [0.15, 0.2) is 52.3 Å². The second-order valence-corrected chi connectivity index (χ2v) is 6.31. The van der Waals surface area contributed by atoms with Gasteiger partial charge in [-0.1, -0.05) is 0 Å². The highest BCUT2D eigenvalue weighted by Crippen LogP contribution is 2.35. The van der Waals surface area contributed by atoms with E-state index in [1.165, 1.54) is 23.3 Å². The number of rotatable bonds is 5. The lowest BCUT2D eigenvalue weighted by Gasteiger charge is -2.22. The number of hydrogen-bond acceptors (Lipinski definition) is 7. The summed E-state index contributed by atoms with van der Waals surface area (Å²) in [4.78, 5) is 62.1. The second-order valence-electron chi connectivity index (χ2n) is 6.31. The molecule has 10 heteroatoms. The molecule has 0 bridgehead atoms. The Morgan fingerprint density at radius 3 is 2.29 bits per heavy atom. The number of carbonyl (C=O) groups is 5. The molecule has 1 saturated heterocycles. The molecule has 28 heavy (non-hydrogen) atoms. The SMILES string of the molecule is O=C(O)C1=NC(C(=O)O)CC(C=CN2C3=CC(=O)C(=O)C=C3CC2C(=O)O)=C1. The summed E-state index contributed by atoms with van der Waals surface area (Å²) in [5.41, 5.74) is 0.579. The summed E-state index contributed by atoms with van der Waals surface area (Å²) < 4.78 is 0. The maximum absolute atomic E-state index is 11.7. The normalized spacial score (nSPS) is 24.4. The van der Waals surface area contributed by atoms with Crippen molar-refractivity contribution in [1.82, 2.24) is 4.90 Å². The van der Waals surface area contributed by atoms with Gasteiger partial charge in [-0.15, -0.1) is 0 Å². The number of carboxylic acid groups (broad SMARTS) is 3. The number of ketones is 2. The number of carbonyl (C=O) groups excluding carboxylic acids is 2. The minimum Gasteiger partial charge on any atom is -0.480 e. The molecule has 0 amide bonds. The first-order chi connectivity index (χ1) is 13.2. The average Bonchev–Trinajstić information content (AvgIpc) is 2.97. The molecule has 0 aromatic heterocycles. The number of allylic oxidation sites excluding steroid dienone is 4. The summed E-state index contributed by atoms with van der Waals surface area (Å²) in [6, 6.07) is -2.33. The number of fused-ring (bicyclic) bond motifs is 1. The van der Waals surface area contributed by atoms with Gasteiger partial charge in [-0.05, 0) is 29.4 Å². The smallest absolute Gasteiger partial charge is 0.354 e. The molecule has 10 nitrogen and oxygen atoms in total. The fraction of sp³-hybridized carbons (Fsp3) is 0.222. The Balaban J connectivity index is 1.93. The van der Waals surface area contributed by atoms with Gasteiger partial charge in [-0.3, -0.25) is 14.6 Å². The molecule has 1 fully saturated rings. The third kappa shape index (κ3) is 3.52. The van der Waals surface area contributed by atoms with Gasteiger partial charge >= 0.3 is 17.9 Å². The highest BCUT2D eigenvalue weighted by Gasteiger charge is 2.38. The predicted molar refractivity (Wildman–Crippen MR) is 92.4 cm³/mol. The standard InChI is InChI=1S/C18H14N2O8/c21-14-6-9-5-13(18(27)28)20(12(9)7-15(14)22)2-1-8-3-10(16(23)24)19-11(4-8)17(25)26/h1-3,6-7,11,13H,4-5H2,(H,23,24)(H,25,26)(H,27,28). The first-order valence-corrected chi connectivity index (χ1v) is 8.12. The highest BCUT2D eigenvalue weighted by molar-refractivity contribution is 6.46. The summed E-state index contributed by atoms with van der Waals surface area (Å²) >= 11 is 0. The Labute approximate surface area is 157 Å². The molecule has 0 aromatic rings. The summed E-state index contributed by atoms with van der Waals surface area (Å²) in [5.74, 6) is -5.34. The van der Waals surface area contributed by atoms with Crippen molar-refractivity contribution < 1.29 is 39.3 Å². The molecule has 144 valence electrons. The van der Waals surface area contributed by atoms with Crippen molar-refractivity contribution in [2.45, 2.75) is 24.9 Å². The summed E-state index contributed by atoms with van der Waals surface area (Å²) in [6.07, 6.45) is 6.03. The van der Waals surface area contributed by atoms with Crippen molar-refractivity contribution in [1.29, 1.82) is 0 Å². The highest BCUT2D eigenvalue weighted by atomic mass is 16.4. The van der Waals surface area contributed by atoms with Crippen molar-refractivity contribution in [2.24, 2.45) is 4.99 Å². The van der Waals surface area contributed by atoms with Crippen LogP contribution in [0.3, 0.4) is 0 Å². The summed E-state index contributed by atoms with van der Waals surface area (Å²) in [6.45, 7) is 0. The molecule has 3 aliphatic rings. The van der Waals surface area contributed by atoms with E-state index in [0.717, 1.165) is 12.2 Å². The van der Waals surface area contributed by atoms with Crippen molar-refractivity contribution in [2.75, 3.05) is 0 Å². The van der Waals surface area contributed by atoms with Crippen molar-refractivity contribution >= 4 is 35.2 Å². The van der Waals surface area contributed by atoms with Crippen molar-refractivity contribution in [3.05, 3.63) is 47.3 Å². The van der Waals surface area contributed by atoms with Gasteiger partial charge < -0.3 is 20.2 Å². The van der Waals surface area contributed by atoms with Crippen LogP contribution in [-0.2, 0) is 24.0 Å². The van der Waals surface area contributed by atoms with E-state index < -0.39 is 47.3 Å². The fourth-order valence-electron chi connectivity index (χ4n) is 3.12. The lowest BCUT2D eigenvalue weighted by Crippen LogP contribution is -2.31. The van der Waals surface area contributed by atoms with E-state index in [9.17, 15) is 29.1 Å². The number of aliphatic imine (C=N–C) groups is 1. The molecule has 2 atom stereocenters. The maximum Gasteiger partial charge on any atom is 0.354 e. The molecule has 2 unspecified atom stereocenters. The van der Waals surface area contributed by atoms with E-state index in [0.29, 0.717) is 11.1 Å². The number of dihydropyridines is 1. The van der Waals surface area contributed by atoms with Crippen molar-refractivity contribution in [3.8, 4) is 0 Å². The topological polar surface area (TPSA) is 162 Å². The number of likely N-dealkylation sites (tertiary alicyclic amines) is 1. The summed E-state index contributed by atoms with van der Waals surface area (Å²) in [7, 11) is 0. The molecule has 2 heterocycles. The van der Waals surface area contributed by atoms with Gasteiger partial charge in [0.1, 0.15) is 11.8 Å². The third-order valence-corrected chi connectivity index (χ3v) is 4.46. The van der Waals surface area contributed by atoms with Crippen molar-refractivity contribution in [3.63, 3.8) is 0 Å². The molecule has 3 N–H and O–H groups in total. The second kappa shape index (κ2) is 7.06. The molecule has 3 rings (SSSR count). The van der Waals surface area contributed by atoms with Gasteiger partial charge in [0, 0.05) is 30.8 Å². The van der Waals surface area contributed by atoms with Crippen LogP contribution in [0.2, 0.25) is 0 Å². The van der Waals surface area contributed by atoms with E-state index in [1.807, 2.05) is 0 Å². The zero-order valence-electron chi connectivity index (χ0n) is 14.2. The molecule has 2 aliphatic heterocycles. The largest absolute Gasteiger partial charge is 0.480 e. The molecule has 0 aromatic carbocycles. The molecule has 0 spiro atoms. The van der Waals surface area contributed by atoms with Crippen LogP contribution in [-0.4, -0.2) is 67.5 Å². The van der Waals surface area contributed by atoms with E-state index in [1.54, 1.807) is 0 Å². The monoisotopic (exact) mass is 386 g/mol. The predicted octanol–water partition coefficient (Wildman–Crippen LogP) is -0.0700. The minimum atomic E-state index is -1.38. The van der Waals surface area contributed by atoms with E-state index in [2.05, 4.69) is 4.99 Å². The third-order valence-electron chi connectivity index (χ3n) is 4.46. The minimum absolute atomic E-state index is 0.0170. The lowest BCUT2D eigenvalue weighted by atomic mass is 10.0. The number of nitrogens with zero attached hydrogens (tertiary/aromatic N) is 2. The Hall–Kier alpha value is -3.82. The Bertz CT molecular complexity index is 966. The maximum atomic E-state index is 11.7. The number of hydrogen-bond donors (Lipinski definition) is 3. The van der Waals surface area contributed by atoms with Crippen LogP contribution in [0.4, 0.5) is 0 Å². The zero-order chi connectivity index (χ0) is 20.6. The van der Waals surface area contributed by atoms with Crippen LogP contribution >= 0.6 is 0 Å². The zero-order valence-corrected chi connectivity index (χ0v) is 14.2. The quantitative estimate of drug-likeness (QED) is 0.434. The van der Waals surface area contributed by atoms with Crippen LogP contribution in [0.25, 0.3) is 0 Å². The van der Waals surface area contributed by atoms with E-state index in [-0.39, 0.29) is 18.5 Å². The van der Waals surface area contributed by atoms with E-state index in [4.69, 9.17) is 10.2 Å². The Kier molecular flexibility index (Phi) is 4.78. The lowest BCUT2D eigenvalue weighted by molar-refractivity contribution is -0.141. The van der Waals surface area contributed by atoms with Gasteiger partial charge in [0.25, 0.3) is 0 Å². The van der Waals surface area contributed by atoms with Gasteiger partial charge in [0.15, 0.2) is 6.04 Å². The van der Waals surface area contributed by atoms with Crippen LogP contribution in [0.5, 0.6) is 0 Å². The van der Waals surface area contributed by atoms with E-state index >= 15 is 0 Å². The molecule has 0 saturated carbocycles. The van der Waals surface area contributed by atoms with Gasteiger partial charge in [0.05, 0.1) is 0 Å². The molecular weight excluding hydrogens is 372 g/mol. The van der Waals surface area contributed by atoms with Crippen LogP contribution in [0.1, 0.15) is 12.8 Å². The van der Waals surface area contributed by atoms with Gasteiger partial charge in [0.2, 0.25) is 11.6 Å². The van der Waals surface area contributed by atoms with Gasteiger partial charge in [-0.25, -0.2) is 14.4 Å². The van der Waals surface area contributed by atoms with Crippen LogP contribution in [0, 0.1) is 0 Å². The molecule has 0 radical (unpaired) electrons.